The summed E-state index contributed by atoms with van der Waals surface area (Å²) in [7, 11) is 1.46. The molecule has 2 atom stereocenters. The van der Waals surface area contributed by atoms with Gasteiger partial charge >= 0.3 is 5.97 Å². The molecular formula is C28H24F4N2O4. The van der Waals surface area contributed by atoms with Crippen LogP contribution in [-0.2, 0) is 4.79 Å². The monoisotopic (exact) mass is 528 g/mol. The van der Waals surface area contributed by atoms with Crippen LogP contribution in [-0.4, -0.2) is 53.5 Å². The summed E-state index contributed by atoms with van der Waals surface area (Å²) >= 11 is 0. The van der Waals surface area contributed by atoms with Crippen molar-refractivity contribution in [3.8, 4) is 17.6 Å². The fourth-order valence-electron chi connectivity index (χ4n) is 4.73. The fraction of sp³-hybridized carbons (Fsp3) is 0.321. The van der Waals surface area contributed by atoms with Crippen molar-refractivity contribution in [3.63, 3.8) is 0 Å². The van der Waals surface area contributed by atoms with Crippen molar-refractivity contribution in [2.75, 3.05) is 26.7 Å². The zero-order valence-electron chi connectivity index (χ0n) is 20.4. The highest BCUT2D eigenvalue weighted by atomic mass is 19.2. The van der Waals surface area contributed by atoms with Gasteiger partial charge in [-0.1, -0.05) is 11.8 Å². The number of nitrogens with zero attached hydrogens (tertiary/aromatic N) is 2. The van der Waals surface area contributed by atoms with Gasteiger partial charge in [0.15, 0.2) is 23.2 Å². The molecule has 198 valence electrons. The van der Waals surface area contributed by atoms with Gasteiger partial charge in [0.25, 0.3) is 0 Å². The van der Waals surface area contributed by atoms with Gasteiger partial charge in [0.05, 0.1) is 42.4 Å². The van der Waals surface area contributed by atoms with E-state index in [9.17, 15) is 32.3 Å². The Morgan fingerprint density at radius 3 is 2.68 bits per heavy atom. The highest BCUT2D eigenvalue weighted by Crippen LogP contribution is 2.31. The highest BCUT2D eigenvalue weighted by molar-refractivity contribution is 6.07. The van der Waals surface area contributed by atoms with Gasteiger partial charge in [-0.25, -0.2) is 17.6 Å². The second kappa shape index (κ2) is 11.6. The molecule has 10 heteroatoms. The second-order valence-corrected chi connectivity index (χ2v) is 9.11. The van der Waals surface area contributed by atoms with E-state index in [0.717, 1.165) is 12.3 Å². The first-order valence-corrected chi connectivity index (χ1v) is 11.9. The molecule has 6 nitrogen and oxygen atoms in total. The highest BCUT2D eigenvalue weighted by Gasteiger charge is 2.34. The SMILES string of the molecule is COc1ccc2ncc(F)c(C(=O)CCC3CCN(CC#Cc4cc(F)cc(F)c4F)CC3C(=O)O)c2c1. The molecule has 2 heterocycles. The standard InChI is InChI=1S/C28H24F4N2O4/c1-38-19-5-6-24-20(13-19)26(23(31)14-33-24)25(35)7-4-16-8-10-34(15-21(16)28(36)37)9-2-3-17-11-18(29)12-22(30)27(17)32/h5-6,11-14,16,21H,4,7-10,15H2,1H3,(H,36,37). The number of hydrogen-bond acceptors (Lipinski definition) is 5. The van der Waals surface area contributed by atoms with Crippen LogP contribution in [0.3, 0.4) is 0 Å². The Kier molecular flexibility index (Phi) is 8.27. The minimum absolute atomic E-state index is 0.0497. The smallest absolute Gasteiger partial charge is 0.308 e. The number of hydrogen-bond donors (Lipinski definition) is 1. The Balaban J connectivity index is 1.42. The van der Waals surface area contributed by atoms with E-state index < -0.39 is 46.5 Å². The summed E-state index contributed by atoms with van der Waals surface area (Å²) in [5, 5.41) is 10.1. The fourth-order valence-corrected chi connectivity index (χ4v) is 4.73. The number of aliphatic carboxylic acids is 1. The Hall–Kier alpha value is -3.97. The molecule has 2 unspecified atom stereocenters. The van der Waals surface area contributed by atoms with E-state index in [0.29, 0.717) is 35.7 Å². The summed E-state index contributed by atoms with van der Waals surface area (Å²) in [4.78, 5) is 30.8. The van der Waals surface area contributed by atoms with Crippen molar-refractivity contribution in [2.45, 2.75) is 19.3 Å². The minimum atomic E-state index is -1.34. The number of halogens is 4. The van der Waals surface area contributed by atoms with Gasteiger partial charge in [-0.15, -0.1) is 0 Å². The predicted octanol–water partition coefficient (Wildman–Crippen LogP) is 4.84. The maximum absolute atomic E-state index is 14.6. The van der Waals surface area contributed by atoms with Crippen molar-refractivity contribution < 1.29 is 37.0 Å². The van der Waals surface area contributed by atoms with Crippen molar-refractivity contribution >= 4 is 22.7 Å². The van der Waals surface area contributed by atoms with E-state index in [1.54, 1.807) is 23.1 Å². The molecule has 1 aliphatic heterocycles. The third kappa shape index (κ3) is 5.94. The summed E-state index contributed by atoms with van der Waals surface area (Å²) in [6.45, 7) is 0.663. The lowest BCUT2D eigenvalue weighted by atomic mass is 9.81. The molecule has 0 bridgehead atoms. The van der Waals surface area contributed by atoms with E-state index in [2.05, 4.69) is 16.8 Å². The third-order valence-corrected chi connectivity index (χ3v) is 6.73. The Morgan fingerprint density at radius 1 is 1.16 bits per heavy atom. The molecular weight excluding hydrogens is 504 g/mol. The van der Waals surface area contributed by atoms with Gasteiger partial charge < -0.3 is 9.84 Å². The average molecular weight is 529 g/mol. The van der Waals surface area contributed by atoms with E-state index >= 15 is 0 Å². The lowest BCUT2D eigenvalue weighted by Crippen LogP contribution is -2.44. The molecule has 1 fully saturated rings. The first-order chi connectivity index (χ1) is 18.2. The maximum atomic E-state index is 14.6. The zero-order chi connectivity index (χ0) is 27.4. The van der Waals surface area contributed by atoms with E-state index in [1.807, 2.05) is 0 Å². The number of carbonyl (C=O) groups excluding carboxylic acids is 1. The van der Waals surface area contributed by atoms with Gasteiger partial charge in [-0.05, 0) is 49.6 Å². The van der Waals surface area contributed by atoms with Crippen LogP contribution >= 0.6 is 0 Å². The number of carbonyl (C=O) groups is 2. The van der Waals surface area contributed by atoms with Crippen LogP contribution in [0.5, 0.6) is 5.75 Å². The Labute approximate surface area is 216 Å². The third-order valence-electron chi connectivity index (χ3n) is 6.73. The molecule has 38 heavy (non-hydrogen) atoms. The number of ketones is 1. The molecule has 2 aromatic carbocycles. The van der Waals surface area contributed by atoms with Gasteiger partial charge in [0.2, 0.25) is 0 Å². The summed E-state index contributed by atoms with van der Waals surface area (Å²) in [5.41, 5.74) is -0.0806. The van der Waals surface area contributed by atoms with Crippen LogP contribution in [0.15, 0.2) is 36.5 Å². The molecule has 1 saturated heterocycles. The number of benzene rings is 2. The van der Waals surface area contributed by atoms with Gasteiger partial charge in [-0.3, -0.25) is 19.5 Å². The molecule has 0 saturated carbocycles. The van der Waals surface area contributed by atoms with Crippen LogP contribution in [0, 0.1) is 46.9 Å². The number of Topliss-reactive ketones (excluding diaryl/α,β-unsaturated/α-hetero) is 1. The molecule has 1 aliphatic rings. The topological polar surface area (TPSA) is 79.7 Å². The van der Waals surface area contributed by atoms with Crippen molar-refractivity contribution in [1.29, 1.82) is 0 Å². The Morgan fingerprint density at radius 2 is 1.95 bits per heavy atom. The van der Waals surface area contributed by atoms with Gasteiger partial charge in [0.1, 0.15) is 11.6 Å². The van der Waals surface area contributed by atoms with E-state index in [4.69, 9.17) is 4.74 Å². The molecule has 4 rings (SSSR count). The Bertz CT molecular complexity index is 1450. The normalized spacial score (nSPS) is 17.6. The number of carboxylic acid groups (broad SMARTS) is 1. The largest absolute Gasteiger partial charge is 0.497 e. The first kappa shape index (κ1) is 27.1. The van der Waals surface area contributed by atoms with Crippen LogP contribution < -0.4 is 4.74 Å². The quantitative estimate of drug-likeness (QED) is 0.205. The van der Waals surface area contributed by atoms with Crippen molar-refractivity contribution in [3.05, 3.63) is 70.9 Å². The first-order valence-electron chi connectivity index (χ1n) is 11.9. The lowest BCUT2D eigenvalue weighted by molar-refractivity contribution is -0.146. The van der Waals surface area contributed by atoms with Gasteiger partial charge in [0, 0.05) is 24.4 Å². The van der Waals surface area contributed by atoms with Crippen LogP contribution in [0.2, 0.25) is 0 Å². The lowest BCUT2D eigenvalue weighted by Gasteiger charge is -2.35. The number of ether oxygens (including phenoxy) is 1. The van der Waals surface area contributed by atoms with E-state index in [-0.39, 0.29) is 37.4 Å². The van der Waals surface area contributed by atoms with Crippen LogP contribution in [0.25, 0.3) is 10.9 Å². The van der Waals surface area contributed by atoms with Crippen molar-refractivity contribution in [2.24, 2.45) is 11.8 Å². The molecule has 0 amide bonds. The minimum Gasteiger partial charge on any atom is -0.497 e. The summed E-state index contributed by atoms with van der Waals surface area (Å²) in [5.74, 6) is -1.43. The number of methoxy groups -OCH3 is 1. The molecule has 1 aromatic heterocycles. The van der Waals surface area contributed by atoms with Crippen LogP contribution in [0.1, 0.15) is 35.2 Å². The number of fused-ring (bicyclic) bond motifs is 1. The van der Waals surface area contributed by atoms with E-state index in [1.165, 1.54) is 7.11 Å². The van der Waals surface area contributed by atoms with Crippen molar-refractivity contribution in [1.82, 2.24) is 9.88 Å². The molecule has 0 aliphatic carbocycles. The summed E-state index contributed by atoms with van der Waals surface area (Å²) in [6.07, 6.45) is 1.64. The number of pyridine rings is 1. The predicted molar refractivity (Wildman–Crippen MR) is 131 cm³/mol. The number of piperidine rings is 1. The number of carboxylic acids is 1. The average Bonchev–Trinajstić information content (AvgIpc) is 2.89. The second-order valence-electron chi connectivity index (χ2n) is 9.11. The summed E-state index contributed by atoms with van der Waals surface area (Å²) < 4.78 is 60.3. The number of aromatic nitrogens is 1. The van der Waals surface area contributed by atoms with Gasteiger partial charge in [-0.2, -0.15) is 0 Å². The van der Waals surface area contributed by atoms with Crippen LogP contribution in [0.4, 0.5) is 17.6 Å². The zero-order valence-corrected chi connectivity index (χ0v) is 20.4. The summed E-state index contributed by atoms with van der Waals surface area (Å²) in [6, 6.07) is 6.05. The number of rotatable bonds is 7. The molecule has 1 N–H and O–H groups in total. The maximum Gasteiger partial charge on any atom is 0.308 e. The molecule has 3 aromatic rings. The molecule has 0 spiro atoms. The number of likely N-dealkylation sites (tertiary alicyclic amines) is 1. The molecule has 0 radical (unpaired) electrons.